The molecule has 0 spiro atoms. The summed E-state index contributed by atoms with van der Waals surface area (Å²) in [5.74, 6) is -0.691. The third-order valence-corrected chi connectivity index (χ3v) is 13.8. The zero-order valence-electron chi connectivity index (χ0n) is 42.2. The fraction of sp³-hybridized carbons (Fsp3) is 0.246. The van der Waals surface area contributed by atoms with Crippen LogP contribution in [0.4, 0.5) is 4.79 Å². The van der Waals surface area contributed by atoms with Crippen molar-refractivity contribution in [3.8, 4) is 22.6 Å². The van der Waals surface area contributed by atoms with Gasteiger partial charge in [0.1, 0.15) is 50.0 Å². The summed E-state index contributed by atoms with van der Waals surface area (Å²) >= 11 is 0. The van der Waals surface area contributed by atoms with Crippen molar-refractivity contribution >= 4 is 32.0 Å². The molecule has 7 aromatic carbocycles. The molecule has 12 nitrogen and oxygen atoms in total. The van der Waals surface area contributed by atoms with Gasteiger partial charge in [-0.1, -0.05) is 183 Å². The van der Waals surface area contributed by atoms with E-state index in [0.29, 0.717) is 22.6 Å². The molecule has 0 aliphatic heterocycles. The topological polar surface area (TPSA) is 165 Å². The maximum absolute atomic E-state index is 14.1. The van der Waals surface area contributed by atoms with Gasteiger partial charge in [-0.25, -0.2) is 14.4 Å². The molecule has 2 amide bonds. The number of rotatable bonds is 25. The minimum absolute atomic E-state index is 0.0122. The molecule has 0 heterocycles. The number of nitrogens with one attached hydrogen (secondary N) is 2. The molecule has 0 unspecified atom stereocenters. The van der Waals surface area contributed by atoms with Crippen LogP contribution in [0.25, 0.3) is 11.1 Å². The van der Waals surface area contributed by atoms with Gasteiger partial charge in [0.2, 0.25) is 5.91 Å². The molecule has 74 heavy (non-hydrogen) atoms. The van der Waals surface area contributed by atoms with Gasteiger partial charge in [-0.2, -0.15) is 0 Å². The van der Waals surface area contributed by atoms with Gasteiger partial charge in [-0.15, -0.1) is 0 Å². The maximum Gasteiger partial charge on any atom is 0.408 e. The number of nitrogens with two attached hydrogens (primary N) is 1. The van der Waals surface area contributed by atoms with Crippen molar-refractivity contribution in [3.05, 3.63) is 227 Å². The number of hydrogen-bond acceptors (Lipinski definition) is 10. The van der Waals surface area contributed by atoms with Crippen molar-refractivity contribution in [2.75, 3.05) is 6.61 Å². The lowest BCUT2D eigenvalue weighted by Gasteiger charge is -2.22. The van der Waals surface area contributed by atoms with Gasteiger partial charge in [0.25, 0.3) is 0 Å². The summed E-state index contributed by atoms with van der Waals surface area (Å²) in [5, 5.41) is 5.68. The second kappa shape index (κ2) is 27.2. The minimum atomic E-state index is -1.57. The van der Waals surface area contributed by atoms with E-state index >= 15 is 0 Å². The van der Waals surface area contributed by atoms with Crippen LogP contribution in [0, 0.1) is 0 Å². The Morgan fingerprint density at radius 1 is 0.459 bits per heavy atom. The summed E-state index contributed by atoms with van der Waals surface area (Å²) in [5.41, 5.74) is 13.9. The fourth-order valence-electron chi connectivity index (χ4n) is 7.95. The zero-order chi connectivity index (χ0) is 52.1. The first-order chi connectivity index (χ1) is 35.8. The van der Waals surface area contributed by atoms with Crippen LogP contribution in [0.3, 0.4) is 0 Å². The Bertz CT molecular complexity index is 2890. The first kappa shape index (κ1) is 53.8. The molecule has 0 aliphatic rings. The molecule has 0 aromatic heterocycles. The van der Waals surface area contributed by atoms with E-state index in [0.717, 1.165) is 45.0 Å². The number of benzene rings is 7. The summed E-state index contributed by atoms with van der Waals surface area (Å²) < 4.78 is 30.0. The van der Waals surface area contributed by atoms with Gasteiger partial charge < -0.3 is 40.1 Å². The lowest BCUT2D eigenvalue weighted by atomic mass is 9.95. The van der Waals surface area contributed by atoms with Crippen LogP contribution in [0.15, 0.2) is 188 Å². The first-order valence-corrected chi connectivity index (χ1v) is 28.6. The number of carbonyl (C=O) groups is 4. The smallest absolute Gasteiger partial charge is 0.408 e. The largest absolute Gasteiger partial charge is 0.489 e. The van der Waals surface area contributed by atoms with Crippen LogP contribution in [-0.4, -0.2) is 56.7 Å². The van der Waals surface area contributed by atoms with Crippen molar-refractivity contribution in [2.24, 2.45) is 5.73 Å². The molecule has 382 valence electrons. The first-order valence-electron chi connectivity index (χ1n) is 24.9. The highest BCUT2D eigenvalue weighted by atomic mass is 28.3. The van der Waals surface area contributed by atoms with Crippen LogP contribution in [-0.2, 0) is 74.3 Å². The standard InChI is InChI=1S/C61H65N3O9Si/c1-74(2,3)34-33-69-59(66)55(64-61(68)73-43-48-27-17-8-18-28-48)39-52-37-50(30-32-57(52)71-41-46-23-13-6-14-24-46)49-29-31-56(70-40-45-21-11-5-12-22-45)51(36-49)38-53(62)58(65)63-54(35-44-19-9-4-10-20-44)60(67)72-42-47-25-15-7-16-26-47/h4-32,36-37,53-55H,33-35,38-43,62H2,1-3H3,(H,63,65)(H,64,68)/t53-,54-,55-/m0/s1. The lowest BCUT2D eigenvalue weighted by molar-refractivity contribution is -0.149. The van der Waals surface area contributed by atoms with Gasteiger partial charge in [0.05, 0.1) is 12.6 Å². The molecule has 13 heteroatoms. The maximum atomic E-state index is 14.1. The quantitative estimate of drug-likeness (QED) is 0.0285. The van der Waals surface area contributed by atoms with Crippen molar-refractivity contribution in [1.82, 2.24) is 10.6 Å². The molecule has 0 fully saturated rings. The Hall–Kier alpha value is -8.00. The number of alkyl carbamates (subject to hydrolysis) is 1. The monoisotopic (exact) mass is 1010 g/mol. The predicted octanol–water partition coefficient (Wildman–Crippen LogP) is 10.6. The van der Waals surface area contributed by atoms with Crippen LogP contribution in [0.1, 0.15) is 38.9 Å². The van der Waals surface area contributed by atoms with Crippen molar-refractivity contribution in [2.45, 2.75) is 89.5 Å². The molecule has 0 radical (unpaired) electrons. The zero-order valence-corrected chi connectivity index (χ0v) is 43.2. The van der Waals surface area contributed by atoms with E-state index in [-0.39, 0.29) is 52.3 Å². The minimum Gasteiger partial charge on any atom is -0.489 e. The Balaban J connectivity index is 1.18. The molecule has 0 aliphatic carbocycles. The summed E-state index contributed by atoms with van der Waals surface area (Å²) in [7, 11) is -1.57. The average Bonchev–Trinajstić information content (AvgIpc) is 3.41. The van der Waals surface area contributed by atoms with Gasteiger partial charge in [-0.3, -0.25) is 4.79 Å². The Morgan fingerprint density at radius 2 is 0.865 bits per heavy atom. The van der Waals surface area contributed by atoms with E-state index in [2.05, 4.69) is 30.3 Å². The van der Waals surface area contributed by atoms with Crippen LogP contribution >= 0.6 is 0 Å². The van der Waals surface area contributed by atoms with Crippen molar-refractivity contribution < 1.29 is 42.9 Å². The molecule has 7 rings (SSSR count). The van der Waals surface area contributed by atoms with E-state index in [4.69, 9.17) is 29.4 Å². The summed E-state index contributed by atoms with van der Waals surface area (Å²) in [6, 6.07) is 56.4. The normalized spacial score (nSPS) is 12.3. The number of ether oxygens (including phenoxy) is 5. The van der Waals surface area contributed by atoms with Crippen LogP contribution in [0.5, 0.6) is 11.5 Å². The Kier molecular flexibility index (Phi) is 19.7. The number of hydrogen-bond donors (Lipinski definition) is 3. The van der Waals surface area contributed by atoms with Crippen LogP contribution < -0.4 is 25.8 Å². The molecule has 0 saturated heterocycles. The number of carbonyl (C=O) groups excluding carboxylic acids is 4. The van der Waals surface area contributed by atoms with Crippen molar-refractivity contribution in [1.29, 1.82) is 0 Å². The highest BCUT2D eigenvalue weighted by molar-refractivity contribution is 6.76. The second-order valence-corrected chi connectivity index (χ2v) is 24.9. The van der Waals surface area contributed by atoms with E-state index in [1.54, 1.807) is 0 Å². The molecule has 7 aromatic rings. The summed E-state index contributed by atoms with van der Waals surface area (Å²) in [4.78, 5) is 55.1. The molecular formula is C61H65N3O9Si. The average molecular weight is 1010 g/mol. The lowest BCUT2D eigenvalue weighted by Crippen LogP contribution is -2.50. The molecular weight excluding hydrogens is 947 g/mol. The van der Waals surface area contributed by atoms with E-state index in [9.17, 15) is 19.2 Å². The highest BCUT2D eigenvalue weighted by Crippen LogP contribution is 2.33. The highest BCUT2D eigenvalue weighted by Gasteiger charge is 2.29. The molecule has 4 N–H and O–H groups in total. The van der Waals surface area contributed by atoms with E-state index < -0.39 is 50.1 Å². The Morgan fingerprint density at radius 3 is 1.34 bits per heavy atom. The van der Waals surface area contributed by atoms with Gasteiger partial charge in [-0.05, 0) is 80.4 Å². The third-order valence-electron chi connectivity index (χ3n) is 12.1. The Labute approximate surface area is 435 Å². The predicted molar refractivity (Wildman–Crippen MR) is 290 cm³/mol. The second-order valence-electron chi connectivity index (χ2n) is 19.3. The van der Waals surface area contributed by atoms with Gasteiger partial charge >= 0.3 is 18.0 Å². The van der Waals surface area contributed by atoms with Gasteiger partial charge in [0.15, 0.2) is 0 Å². The van der Waals surface area contributed by atoms with Gasteiger partial charge in [0, 0.05) is 27.3 Å². The SMILES string of the molecule is C[Si](C)(C)CCOC(=O)[C@H](Cc1cc(-c2ccc(OCc3ccccc3)c(C[C@H](N)C(=O)N[C@@H](Cc3ccccc3)C(=O)OCc3ccccc3)c2)ccc1OCc1ccccc1)NC(=O)OCc1ccccc1. The fourth-order valence-corrected chi connectivity index (χ4v) is 8.66. The molecule has 0 saturated carbocycles. The molecule has 0 bridgehead atoms. The van der Waals surface area contributed by atoms with E-state index in [1.165, 1.54) is 0 Å². The number of amides is 2. The number of esters is 2. The van der Waals surface area contributed by atoms with Crippen LogP contribution in [0.2, 0.25) is 25.7 Å². The third kappa shape index (κ3) is 17.3. The molecule has 3 atom stereocenters. The van der Waals surface area contributed by atoms with Crippen molar-refractivity contribution in [3.63, 3.8) is 0 Å². The summed E-state index contributed by atoms with van der Waals surface area (Å²) in [6.07, 6.45) is -0.511. The van der Waals surface area contributed by atoms with E-state index in [1.807, 2.05) is 188 Å². The summed E-state index contributed by atoms with van der Waals surface area (Å²) in [6.45, 7) is 7.38.